The maximum absolute atomic E-state index is 10.8. The van der Waals surface area contributed by atoms with Gasteiger partial charge in [-0.15, -0.1) is 0 Å². The van der Waals surface area contributed by atoms with Crippen molar-refractivity contribution in [2.75, 3.05) is 0 Å². The summed E-state index contributed by atoms with van der Waals surface area (Å²) in [5.74, 6) is 0.220. The molecular formula is C5H6Cl3NO5S2. The molecule has 1 heterocycles. The van der Waals surface area contributed by atoms with Crippen molar-refractivity contribution in [3.05, 3.63) is 11.5 Å². The van der Waals surface area contributed by atoms with Crippen molar-refractivity contribution in [2.24, 2.45) is 0 Å². The van der Waals surface area contributed by atoms with E-state index < -0.39 is 17.3 Å². The monoisotopic (exact) mass is 329 g/mol. The van der Waals surface area contributed by atoms with E-state index in [1.165, 1.54) is 13.8 Å². The molecule has 0 N–H and O–H groups in total. The van der Waals surface area contributed by atoms with E-state index in [2.05, 4.69) is 31.0 Å². The molecule has 0 saturated carbocycles. The van der Waals surface area contributed by atoms with Crippen LogP contribution in [-0.2, 0) is 17.3 Å². The van der Waals surface area contributed by atoms with E-state index in [1.807, 2.05) is 0 Å². The Labute approximate surface area is 106 Å². The fraction of sp³-hybridized carbons (Fsp3) is 0.400. The summed E-state index contributed by atoms with van der Waals surface area (Å²) in [6, 6.07) is 0. The van der Waals surface area contributed by atoms with E-state index in [1.54, 1.807) is 0 Å². The van der Waals surface area contributed by atoms with Crippen LogP contribution < -0.4 is 0 Å². The lowest BCUT2D eigenvalue weighted by Crippen LogP contribution is -1.92. The van der Waals surface area contributed by atoms with Crippen LogP contribution in [0, 0.1) is 13.8 Å². The fourth-order valence-corrected chi connectivity index (χ4v) is 2.25. The van der Waals surface area contributed by atoms with Crippen LogP contribution in [0.25, 0.3) is 0 Å². The Morgan fingerprint density at radius 1 is 1.06 bits per heavy atom. The number of hydrogen-bond donors (Lipinski definition) is 0. The Morgan fingerprint density at radius 3 is 1.56 bits per heavy atom. The van der Waals surface area contributed by atoms with E-state index in [0.717, 1.165) is 0 Å². The lowest BCUT2D eigenvalue weighted by Gasteiger charge is -1.89. The Bertz CT molecular complexity index is 533. The van der Waals surface area contributed by atoms with Crippen LogP contribution in [0.5, 0.6) is 0 Å². The number of aryl methyl sites for hydroxylation is 2. The summed E-state index contributed by atoms with van der Waals surface area (Å²) in [5, 5.41) is 3.44. The molecule has 1 aromatic rings. The fourth-order valence-electron chi connectivity index (χ4n) is 0.823. The molecule has 1 aromatic heterocycles. The zero-order valence-electron chi connectivity index (χ0n) is 7.94. The molecule has 1 rings (SSSR count). The molecule has 0 unspecified atom stereocenters. The zero-order valence-corrected chi connectivity index (χ0v) is 11.8. The topological polar surface area (TPSA) is 94.3 Å². The molecule has 0 radical (unpaired) electrons. The van der Waals surface area contributed by atoms with Crippen LogP contribution in [0.1, 0.15) is 11.5 Å². The first-order chi connectivity index (χ1) is 6.93. The van der Waals surface area contributed by atoms with Crippen molar-refractivity contribution in [1.82, 2.24) is 5.16 Å². The van der Waals surface area contributed by atoms with Gasteiger partial charge >= 0.3 is 8.26 Å². The van der Waals surface area contributed by atoms with E-state index >= 15 is 0 Å². The summed E-state index contributed by atoms with van der Waals surface area (Å²) in [7, 11) is 6.19. The second-order valence-corrected chi connectivity index (χ2v) is 8.64. The maximum atomic E-state index is 10.8. The van der Waals surface area contributed by atoms with Gasteiger partial charge in [-0.05, 0) is 13.8 Å². The summed E-state index contributed by atoms with van der Waals surface area (Å²) >= 11 is 0. The van der Waals surface area contributed by atoms with Crippen molar-refractivity contribution in [3.63, 3.8) is 0 Å². The summed E-state index contributed by atoms with van der Waals surface area (Å²) < 4.78 is 44.5. The smallest absolute Gasteiger partial charge is 0.317 e. The molecule has 0 spiro atoms. The van der Waals surface area contributed by atoms with Gasteiger partial charge in [-0.1, -0.05) is 5.16 Å². The van der Waals surface area contributed by atoms with Crippen molar-refractivity contribution < 1.29 is 21.4 Å². The average Bonchev–Trinajstić information content (AvgIpc) is 2.24. The zero-order chi connectivity index (χ0) is 13.1. The molecule has 0 bridgehead atoms. The standard InChI is InChI=1S/C5H6ClNO3S.Cl2O2S/c1-3-5(11(6,8)9)4(2)10-7-3;1-5(2,3)4/h1-2H3;. The number of hydrogen-bond acceptors (Lipinski definition) is 6. The first-order valence-electron chi connectivity index (χ1n) is 3.44. The van der Waals surface area contributed by atoms with Crippen molar-refractivity contribution in [2.45, 2.75) is 18.7 Å². The molecule has 11 heteroatoms. The van der Waals surface area contributed by atoms with Crippen molar-refractivity contribution >= 4 is 49.4 Å². The van der Waals surface area contributed by atoms with Crippen LogP contribution in [0.2, 0.25) is 0 Å². The summed E-state index contributed by atoms with van der Waals surface area (Å²) in [5.41, 5.74) is 0.289. The van der Waals surface area contributed by atoms with Crippen LogP contribution in [0.3, 0.4) is 0 Å². The van der Waals surface area contributed by atoms with Crippen LogP contribution >= 0.6 is 32.0 Å². The molecule has 16 heavy (non-hydrogen) atoms. The maximum Gasteiger partial charge on any atom is 0.317 e. The molecule has 0 atom stereocenters. The largest absolute Gasteiger partial charge is 0.360 e. The SMILES string of the molecule is Cc1noc(C)c1S(=O)(=O)Cl.O=S(=O)(Cl)Cl. The van der Waals surface area contributed by atoms with Crippen LogP contribution in [0.15, 0.2) is 9.42 Å². The summed E-state index contributed by atoms with van der Waals surface area (Å²) in [4.78, 5) is -0.0285. The van der Waals surface area contributed by atoms with Gasteiger partial charge in [-0.3, -0.25) is 0 Å². The van der Waals surface area contributed by atoms with E-state index in [-0.39, 0.29) is 16.3 Å². The highest BCUT2D eigenvalue weighted by Gasteiger charge is 2.21. The Balaban J connectivity index is 0.000000385. The molecule has 0 aliphatic heterocycles. The molecule has 0 saturated heterocycles. The Kier molecular flexibility index (Phi) is 5.54. The van der Waals surface area contributed by atoms with Crippen molar-refractivity contribution in [3.8, 4) is 0 Å². The number of rotatable bonds is 1. The quantitative estimate of drug-likeness (QED) is 0.730. The number of halogens is 3. The van der Waals surface area contributed by atoms with Crippen LogP contribution in [-0.4, -0.2) is 22.0 Å². The Morgan fingerprint density at radius 2 is 1.44 bits per heavy atom. The summed E-state index contributed by atoms with van der Waals surface area (Å²) in [6.07, 6.45) is 0. The average molecular weight is 331 g/mol. The second kappa shape index (κ2) is 5.54. The third kappa shape index (κ3) is 6.54. The molecule has 0 aliphatic rings. The molecule has 0 aliphatic carbocycles. The minimum atomic E-state index is -3.72. The van der Waals surface area contributed by atoms with Gasteiger partial charge in [0.25, 0.3) is 9.05 Å². The normalized spacial score (nSPS) is 11.8. The Hall–Kier alpha value is -0.0200. The third-order valence-corrected chi connectivity index (χ3v) is 2.75. The highest BCUT2D eigenvalue weighted by atomic mass is 36.0. The van der Waals surface area contributed by atoms with Gasteiger partial charge in [0.05, 0.1) is 0 Å². The van der Waals surface area contributed by atoms with Gasteiger partial charge in [0, 0.05) is 32.0 Å². The molecule has 0 aromatic carbocycles. The van der Waals surface area contributed by atoms with Crippen molar-refractivity contribution in [1.29, 1.82) is 0 Å². The highest BCUT2D eigenvalue weighted by Crippen LogP contribution is 2.22. The van der Waals surface area contributed by atoms with Gasteiger partial charge in [0.2, 0.25) is 0 Å². The number of nitrogens with zero attached hydrogens (tertiary/aromatic N) is 1. The van der Waals surface area contributed by atoms with E-state index in [0.29, 0.717) is 0 Å². The lowest BCUT2D eigenvalue weighted by molar-refractivity contribution is 0.391. The predicted octanol–water partition coefficient (Wildman–Crippen LogP) is 1.93. The summed E-state index contributed by atoms with van der Waals surface area (Å²) in [6.45, 7) is 3.01. The third-order valence-electron chi connectivity index (χ3n) is 1.21. The van der Waals surface area contributed by atoms with Crippen LogP contribution in [0.4, 0.5) is 0 Å². The van der Waals surface area contributed by atoms with E-state index in [4.69, 9.17) is 19.1 Å². The minimum Gasteiger partial charge on any atom is -0.360 e. The molecule has 0 fully saturated rings. The minimum absolute atomic E-state index is 0.0285. The number of aromatic nitrogens is 1. The van der Waals surface area contributed by atoms with E-state index in [9.17, 15) is 8.42 Å². The van der Waals surface area contributed by atoms with Gasteiger partial charge in [0.1, 0.15) is 10.6 Å². The molecule has 94 valence electrons. The van der Waals surface area contributed by atoms with Gasteiger partial charge in [0.15, 0.2) is 5.76 Å². The predicted molar refractivity (Wildman–Crippen MR) is 59.6 cm³/mol. The second-order valence-electron chi connectivity index (χ2n) is 2.47. The first kappa shape index (κ1) is 16.0. The van der Waals surface area contributed by atoms with Gasteiger partial charge in [-0.2, -0.15) is 8.42 Å². The van der Waals surface area contributed by atoms with Gasteiger partial charge < -0.3 is 4.52 Å². The molecule has 6 nitrogen and oxygen atoms in total. The molecular weight excluding hydrogens is 325 g/mol. The van der Waals surface area contributed by atoms with Gasteiger partial charge in [-0.25, -0.2) is 8.42 Å². The first-order valence-corrected chi connectivity index (χ1v) is 8.89. The lowest BCUT2D eigenvalue weighted by atomic mass is 10.4. The molecule has 0 amide bonds. The highest BCUT2D eigenvalue weighted by molar-refractivity contribution is 8.31.